The predicted octanol–water partition coefficient (Wildman–Crippen LogP) is 13.3. The molecule has 2 aliphatic heterocycles. The van der Waals surface area contributed by atoms with Crippen molar-refractivity contribution in [3.63, 3.8) is 0 Å². The van der Waals surface area contributed by atoms with Crippen LogP contribution in [0.25, 0.3) is 0 Å². The van der Waals surface area contributed by atoms with Gasteiger partial charge >= 0.3 is 134 Å². The van der Waals surface area contributed by atoms with Gasteiger partial charge in [-0.2, -0.15) is 12.1 Å². The Bertz CT molecular complexity index is 2330. The standard InChI is InChI=1S/C26H26N6.C26H24N6.4ClH.2K.2Pt/c2*1-29-19-9-5-11-21(17-19)30(2)23-13-7-15-25(27-23)32(4)26-16-8-14-24(28-26)31(3)22-12-6-10-20(29)18-22;;;;;;;;/h5-18H,1-4H3;5-16H,1-4H3;4*1H;;;;/q;-2;;;;;;;+2;+4/p-4. The van der Waals surface area contributed by atoms with Gasteiger partial charge in [0.2, 0.25) is 0 Å². The number of pyridine rings is 4. The molecule has 6 heterocycles. The van der Waals surface area contributed by atoms with Gasteiger partial charge in [0.25, 0.3) is 0 Å². The summed E-state index contributed by atoms with van der Waals surface area (Å²) in [4.78, 5) is 36.2. The fourth-order valence-electron chi connectivity index (χ4n) is 7.66. The third-order valence-electron chi connectivity index (χ3n) is 11.8. The Balaban J connectivity index is 0.000000206. The minimum Gasteiger partial charge on any atom is 2.00 e. The van der Waals surface area contributed by atoms with Crippen molar-refractivity contribution in [2.24, 2.45) is 0 Å². The molecule has 0 radical (unpaired) electrons. The summed E-state index contributed by atoms with van der Waals surface area (Å²) >= 11 is -0.556. The molecule has 72 heavy (non-hydrogen) atoms. The van der Waals surface area contributed by atoms with E-state index in [4.69, 9.17) is 57.6 Å². The van der Waals surface area contributed by atoms with E-state index >= 15 is 0 Å². The van der Waals surface area contributed by atoms with E-state index in [1.165, 1.54) is 63.2 Å². The fraction of sp³-hybridized carbons (Fsp3) is 0.154. The first-order valence-electron chi connectivity index (χ1n) is 22.5. The van der Waals surface area contributed by atoms with Gasteiger partial charge in [-0.3, -0.25) is 0 Å². The van der Waals surface area contributed by atoms with Crippen LogP contribution in [0.4, 0.5) is 92.0 Å². The van der Waals surface area contributed by atoms with Crippen LogP contribution in [0.1, 0.15) is 0 Å². The van der Waals surface area contributed by atoms with Crippen molar-refractivity contribution in [3.8, 4) is 0 Å². The van der Waals surface area contributed by atoms with E-state index in [2.05, 4.69) is 87.3 Å². The number of benzene rings is 4. The molecule has 0 aliphatic carbocycles. The molecule has 0 atom stereocenters. The smallest absolute Gasteiger partial charge is 2.00 e. The zero-order valence-corrected chi connectivity index (χ0v) is 55.3. The molecule has 0 fully saturated rings. The van der Waals surface area contributed by atoms with E-state index < -0.39 is 11.9 Å². The minimum absolute atomic E-state index is 0. The number of nitrogens with zero attached hydrogens (tertiary/aromatic N) is 12. The molecule has 0 spiro atoms. The van der Waals surface area contributed by atoms with E-state index in [1.54, 1.807) is 0 Å². The number of rotatable bonds is 0. The van der Waals surface area contributed by atoms with Crippen LogP contribution in [0, 0.1) is 12.1 Å². The molecule has 8 aromatic rings. The van der Waals surface area contributed by atoms with Crippen LogP contribution in [0.3, 0.4) is 0 Å². The van der Waals surface area contributed by atoms with Crippen LogP contribution in [-0.2, 0) is 33.0 Å². The van der Waals surface area contributed by atoms with Crippen LogP contribution >= 0.6 is 37.7 Å². The molecular weight excluding hydrogens is 1400 g/mol. The molecule has 10 rings (SSSR count). The summed E-state index contributed by atoms with van der Waals surface area (Å²) in [6.07, 6.45) is 0. The molecule has 16 bridgehead atoms. The Morgan fingerprint density at radius 1 is 0.319 bits per heavy atom. The predicted molar refractivity (Wildman–Crippen MR) is 300 cm³/mol. The molecular formula is C52H50Cl4K2N12Pt2. The summed E-state index contributed by atoms with van der Waals surface area (Å²) in [5.74, 6) is 6.71. The molecule has 368 valence electrons. The summed E-state index contributed by atoms with van der Waals surface area (Å²) < 4.78 is 0. The summed E-state index contributed by atoms with van der Waals surface area (Å²) in [5.41, 5.74) is 8.12. The maximum atomic E-state index is 5.01. The second-order valence-electron chi connectivity index (χ2n) is 16.0. The average molecular weight is 1450 g/mol. The van der Waals surface area contributed by atoms with Crippen molar-refractivity contribution >= 4 is 193 Å². The quantitative estimate of drug-likeness (QED) is 0.107. The molecule has 0 saturated heterocycles. The van der Waals surface area contributed by atoms with Gasteiger partial charge in [-0.25, -0.2) is 19.9 Å². The number of hydrogen-bond donors (Lipinski definition) is 0. The number of aromatic nitrogens is 4. The van der Waals surface area contributed by atoms with Gasteiger partial charge in [0, 0.05) is 79.1 Å². The van der Waals surface area contributed by atoms with Crippen LogP contribution in [0.5, 0.6) is 0 Å². The van der Waals surface area contributed by atoms with E-state index in [-0.39, 0.29) is 21.1 Å². The van der Waals surface area contributed by atoms with Crippen molar-refractivity contribution in [3.05, 3.63) is 170 Å². The second kappa shape index (κ2) is 27.1. The van der Waals surface area contributed by atoms with Gasteiger partial charge in [-0.05, 0) is 84.9 Å². The maximum absolute atomic E-state index is 5.01. The zero-order valence-electron chi connectivity index (χ0n) is 41.5. The first-order valence-corrected chi connectivity index (χ1v) is 49.8. The first kappa shape index (κ1) is 58.9. The summed E-state index contributed by atoms with van der Waals surface area (Å²) in [6.45, 7) is 0. The molecule has 0 saturated carbocycles. The van der Waals surface area contributed by atoms with E-state index in [1.807, 2.05) is 178 Å². The average Bonchev–Trinajstić information content (AvgIpc) is 3.41. The number of hydrogen-bond acceptors (Lipinski definition) is 12. The zero-order chi connectivity index (χ0) is 51.0. The molecule has 20 heteroatoms. The Morgan fingerprint density at radius 2 is 0.528 bits per heavy atom. The second-order valence-corrected chi connectivity index (χ2v) is 35.7. The van der Waals surface area contributed by atoms with Crippen molar-refractivity contribution in [2.75, 3.05) is 95.6 Å². The molecule has 4 aromatic heterocycles. The van der Waals surface area contributed by atoms with Crippen molar-refractivity contribution in [1.82, 2.24) is 19.9 Å². The van der Waals surface area contributed by atoms with Crippen LogP contribution < -0.4 is 39.2 Å². The number of anilines is 16. The third kappa shape index (κ3) is 15.0. The molecule has 0 amide bonds. The third-order valence-corrected chi connectivity index (χ3v) is 11.8. The SMILES string of the molecule is CN1c2[c-]c(ccc2)N(C)c2cccc(n2)N(C)c2cccc(n2)N(C)c2[c-]c1ccc2.CN1c2cccc(c2)N(C)c2cccc(n2)N(C)c2cccc(n2)N(C)c2cccc1c2.[Cl][Pt]([Cl])([Cl])[Cl].[K][K].[Pt+2]. The number of halogens is 4. The Morgan fingerprint density at radius 3 is 0.819 bits per heavy atom. The van der Waals surface area contributed by atoms with Gasteiger partial charge in [0.1, 0.15) is 46.5 Å². The maximum Gasteiger partial charge on any atom is 2.00 e. The van der Waals surface area contributed by atoms with Gasteiger partial charge in [-0.15, -0.1) is 36.4 Å². The van der Waals surface area contributed by atoms with Crippen LogP contribution in [0.15, 0.2) is 158 Å². The van der Waals surface area contributed by atoms with E-state index in [0.717, 1.165) is 92.0 Å². The van der Waals surface area contributed by atoms with Crippen LogP contribution in [0.2, 0.25) is 0 Å². The van der Waals surface area contributed by atoms with E-state index in [0.29, 0.717) is 0 Å². The van der Waals surface area contributed by atoms with Gasteiger partial charge in [0.15, 0.2) is 0 Å². The molecule has 12 nitrogen and oxygen atoms in total. The van der Waals surface area contributed by atoms with Crippen molar-refractivity contribution < 1.29 is 33.0 Å². The molecule has 0 unspecified atom stereocenters. The van der Waals surface area contributed by atoms with Gasteiger partial charge in [-0.1, -0.05) is 59.1 Å². The Hall–Kier alpha value is -2.31. The van der Waals surface area contributed by atoms with Crippen molar-refractivity contribution in [2.45, 2.75) is 0 Å². The van der Waals surface area contributed by atoms with Gasteiger partial charge in [0.05, 0.1) is 0 Å². The number of fused-ring (bicyclic) bond motifs is 16. The summed E-state index contributed by atoms with van der Waals surface area (Å²) in [7, 11) is 36.2. The van der Waals surface area contributed by atoms with Crippen molar-refractivity contribution in [1.29, 1.82) is 0 Å². The summed E-state index contributed by atoms with van der Waals surface area (Å²) in [6, 6.07) is 60.4. The van der Waals surface area contributed by atoms with E-state index in [9.17, 15) is 0 Å². The largest absolute Gasteiger partial charge is 2.00 e. The Labute approximate surface area is 502 Å². The molecule has 0 N–H and O–H groups in total. The normalized spacial score (nSPS) is 13.1. The van der Waals surface area contributed by atoms with Crippen LogP contribution in [-0.4, -0.2) is 139 Å². The Kier molecular flexibility index (Phi) is 22.2. The first-order chi connectivity index (χ1) is 34.0. The van der Waals surface area contributed by atoms with Gasteiger partial charge < -0.3 is 39.2 Å². The fourth-order valence-corrected chi connectivity index (χ4v) is 7.66. The summed E-state index contributed by atoms with van der Waals surface area (Å²) in [5, 5.41) is 0. The minimum atomic E-state index is -3.06. The molecule has 4 aromatic carbocycles. The monoisotopic (exact) mass is 1450 g/mol. The topological polar surface area (TPSA) is 77.5 Å². The molecule has 2 aliphatic rings.